The Labute approximate surface area is 100 Å². The normalized spacial score (nSPS) is 9.38. The summed E-state index contributed by atoms with van der Waals surface area (Å²) in [7, 11) is 0. The Kier molecular flexibility index (Phi) is 9.39. The van der Waals surface area contributed by atoms with Gasteiger partial charge in [0.05, 0.1) is 13.2 Å². The van der Waals surface area contributed by atoms with Crippen molar-refractivity contribution in [3.8, 4) is 0 Å². The largest absolute Gasteiger partial charge is 0.479 e. The van der Waals surface area contributed by atoms with E-state index in [-0.39, 0.29) is 0 Å². The first kappa shape index (κ1) is 13.5. The van der Waals surface area contributed by atoms with Crippen molar-refractivity contribution in [3.05, 3.63) is 0 Å². The van der Waals surface area contributed by atoms with Crippen molar-refractivity contribution in [1.29, 1.82) is 0 Å². The van der Waals surface area contributed by atoms with Gasteiger partial charge in [0.15, 0.2) is 0 Å². The Morgan fingerprint density at radius 2 is 1.23 bits per heavy atom. The van der Waals surface area contributed by atoms with E-state index in [1.165, 1.54) is 0 Å². The van der Waals surface area contributed by atoms with Crippen LogP contribution in [0.25, 0.3) is 0 Å². The summed E-state index contributed by atoms with van der Waals surface area (Å²) in [6.07, 6.45) is 2.92. The summed E-state index contributed by atoms with van der Waals surface area (Å²) in [6, 6.07) is 0. The van der Waals surface area contributed by atoms with Gasteiger partial charge in [-0.05, 0) is 43.7 Å². The predicted octanol–water partition coefficient (Wildman–Crippen LogP) is 2.62. The molecule has 0 spiro atoms. The van der Waals surface area contributed by atoms with Gasteiger partial charge in [-0.3, -0.25) is 0 Å². The fourth-order valence-electron chi connectivity index (χ4n) is 0.700. The number of thiol groups is 2. The minimum absolute atomic E-state index is 0.299. The van der Waals surface area contributed by atoms with Crippen molar-refractivity contribution in [3.63, 3.8) is 0 Å². The average molecular weight is 256 g/mol. The molecule has 0 aliphatic heterocycles. The molecule has 0 unspecified atom stereocenters. The zero-order chi connectivity index (χ0) is 10.1. The fraction of sp³-hybridized carbons (Fsp3) is 0.714. The standard InChI is InChI=1S/C7H12O2S4/c10-6(11)8-4-2-1-3-5-9-7(12)13/h1-5H2,(H,10,11)(H,12,13). The highest BCUT2D eigenvalue weighted by molar-refractivity contribution is 8.10. The molecule has 0 N–H and O–H groups in total. The zero-order valence-electron chi connectivity index (χ0n) is 7.06. The maximum absolute atomic E-state index is 4.98. The number of ether oxygens (including phenoxy) is 2. The van der Waals surface area contributed by atoms with Gasteiger partial charge in [-0.1, -0.05) is 25.3 Å². The maximum atomic E-state index is 4.98. The van der Waals surface area contributed by atoms with Crippen molar-refractivity contribution in [2.24, 2.45) is 0 Å². The van der Waals surface area contributed by atoms with Gasteiger partial charge in [0, 0.05) is 0 Å². The Balaban J connectivity index is 3.00. The lowest BCUT2D eigenvalue weighted by atomic mass is 10.2. The summed E-state index contributed by atoms with van der Waals surface area (Å²) in [4.78, 5) is 0. The van der Waals surface area contributed by atoms with E-state index in [2.05, 4.69) is 49.7 Å². The molecule has 0 bridgehead atoms. The quantitative estimate of drug-likeness (QED) is 0.432. The second-order valence-electron chi connectivity index (χ2n) is 2.29. The molecule has 6 heteroatoms. The van der Waals surface area contributed by atoms with Gasteiger partial charge in [0.1, 0.15) is 0 Å². The molecular weight excluding hydrogens is 244 g/mol. The van der Waals surface area contributed by atoms with E-state index in [0.717, 1.165) is 19.3 Å². The van der Waals surface area contributed by atoms with E-state index in [1.54, 1.807) is 0 Å². The second-order valence-corrected chi connectivity index (χ2v) is 4.45. The van der Waals surface area contributed by atoms with Crippen molar-refractivity contribution >= 4 is 58.5 Å². The summed E-state index contributed by atoms with van der Waals surface area (Å²) in [5.74, 6) is 0. The van der Waals surface area contributed by atoms with Crippen LogP contribution in [0.1, 0.15) is 19.3 Å². The summed E-state index contributed by atoms with van der Waals surface area (Å²) >= 11 is 16.9. The molecule has 0 saturated heterocycles. The Morgan fingerprint density at radius 3 is 1.54 bits per heavy atom. The molecule has 0 aliphatic carbocycles. The van der Waals surface area contributed by atoms with Crippen molar-refractivity contribution in [2.45, 2.75) is 19.3 Å². The van der Waals surface area contributed by atoms with Gasteiger partial charge in [-0.15, -0.1) is 0 Å². The molecule has 0 aromatic heterocycles. The highest BCUT2D eigenvalue weighted by Crippen LogP contribution is 1.99. The number of thiocarbonyl (C=S) groups is 2. The minimum Gasteiger partial charge on any atom is -0.479 e. The van der Waals surface area contributed by atoms with Crippen LogP contribution in [-0.4, -0.2) is 22.0 Å². The number of hydrogen-bond donors (Lipinski definition) is 2. The van der Waals surface area contributed by atoms with Crippen LogP contribution in [0.15, 0.2) is 0 Å². The van der Waals surface area contributed by atoms with Gasteiger partial charge in [0.25, 0.3) is 0 Å². The van der Waals surface area contributed by atoms with E-state index < -0.39 is 0 Å². The molecule has 0 fully saturated rings. The molecule has 2 nitrogen and oxygen atoms in total. The number of unbranched alkanes of at least 4 members (excludes halogenated alkanes) is 2. The van der Waals surface area contributed by atoms with Crippen LogP contribution in [0, 0.1) is 0 Å². The van der Waals surface area contributed by atoms with E-state index >= 15 is 0 Å². The molecule has 0 amide bonds. The monoisotopic (exact) mass is 256 g/mol. The van der Waals surface area contributed by atoms with Crippen LogP contribution in [0.4, 0.5) is 0 Å². The Morgan fingerprint density at radius 1 is 0.846 bits per heavy atom. The average Bonchev–Trinajstić information content (AvgIpc) is 2.01. The fourth-order valence-corrected chi connectivity index (χ4v) is 1.05. The Hall–Kier alpha value is 0.480. The van der Waals surface area contributed by atoms with Gasteiger partial charge in [-0.25, -0.2) is 0 Å². The van der Waals surface area contributed by atoms with Crippen LogP contribution >= 0.6 is 49.7 Å². The lowest BCUT2D eigenvalue weighted by Crippen LogP contribution is -1.99. The van der Waals surface area contributed by atoms with Crippen molar-refractivity contribution in [2.75, 3.05) is 13.2 Å². The van der Waals surface area contributed by atoms with Crippen LogP contribution in [0.5, 0.6) is 0 Å². The van der Waals surface area contributed by atoms with E-state index in [0.29, 0.717) is 22.0 Å². The topological polar surface area (TPSA) is 18.5 Å². The SMILES string of the molecule is S=C(S)OCCCCCOC(=S)S. The summed E-state index contributed by atoms with van der Waals surface area (Å²) in [6.45, 7) is 1.24. The third kappa shape index (κ3) is 12.5. The smallest absolute Gasteiger partial charge is 0.216 e. The van der Waals surface area contributed by atoms with Crippen LogP contribution < -0.4 is 0 Å². The highest BCUT2D eigenvalue weighted by atomic mass is 32.1. The zero-order valence-corrected chi connectivity index (χ0v) is 10.5. The van der Waals surface area contributed by atoms with E-state index in [1.807, 2.05) is 0 Å². The van der Waals surface area contributed by atoms with Crippen molar-refractivity contribution < 1.29 is 9.47 Å². The van der Waals surface area contributed by atoms with E-state index in [4.69, 9.17) is 9.47 Å². The lowest BCUT2D eigenvalue weighted by Gasteiger charge is -2.03. The van der Waals surface area contributed by atoms with Gasteiger partial charge in [-0.2, -0.15) is 0 Å². The van der Waals surface area contributed by atoms with Gasteiger partial charge >= 0.3 is 0 Å². The molecule has 76 valence electrons. The van der Waals surface area contributed by atoms with Gasteiger partial charge < -0.3 is 9.47 Å². The molecule has 0 atom stereocenters. The molecule has 0 aromatic rings. The van der Waals surface area contributed by atoms with Crippen molar-refractivity contribution in [1.82, 2.24) is 0 Å². The van der Waals surface area contributed by atoms with Crippen LogP contribution in [-0.2, 0) is 9.47 Å². The van der Waals surface area contributed by atoms with E-state index in [9.17, 15) is 0 Å². The molecule has 0 heterocycles. The minimum atomic E-state index is 0.299. The first-order valence-electron chi connectivity index (χ1n) is 3.84. The highest BCUT2D eigenvalue weighted by Gasteiger charge is 1.93. The van der Waals surface area contributed by atoms with Gasteiger partial charge in [0.2, 0.25) is 8.77 Å². The van der Waals surface area contributed by atoms with Crippen LogP contribution in [0.2, 0.25) is 0 Å². The molecule has 13 heavy (non-hydrogen) atoms. The summed E-state index contributed by atoms with van der Waals surface area (Å²) < 4.78 is 10.6. The molecule has 0 rings (SSSR count). The third-order valence-electron chi connectivity index (χ3n) is 1.24. The summed E-state index contributed by atoms with van der Waals surface area (Å²) in [5, 5.41) is 0. The number of hydrogen-bond acceptors (Lipinski definition) is 4. The molecule has 0 saturated carbocycles. The molecule has 0 aromatic carbocycles. The maximum Gasteiger partial charge on any atom is 0.216 e. The number of rotatable bonds is 6. The second kappa shape index (κ2) is 9.05. The summed E-state index contributed by atoms with van der Waals surface area (Å²) in [5.41, 5.74) is 0. The third-order valence-corrected chi connectivity index (χ3v) is 1.73. The van der Waals surface area contributed by atoms with Crippen LogP contribution in [0.3, 0.4) is 0 Å². The Bertz CT molecular complexity index is 154. The predicted molar refractivity (Wildman–Crippen MR) is 68.9 cm³/mol. The first-order chi connectivity index (χ1) is 6.13. The molecule has 0 radical (unpaired) electrons. The molecule has 0 aliphatic rings. The molecular formula is C7H12O2S4. The first-order valence-corrected chi connectivity index (χ1v) is 5.55. The lowest BCUT2D eigenvalue weighted by molar-refractivity contribution is 0.282.